The lowest BCUT2D eigenvalue weighted by Gasteiger charge is -2.44. The number of hydrogen-bond donors (Lipinski definition) is 6. The van der Waals surface area contributed by atoms with Crippen LogP contribution in [-0.2, 0) is 19.2 Å². The second-order valence-corrected chi connectivity index (χ2v) is 8.88. The molecular formula is C22H23F9N6O8. The molecule has 4 rings (SSSR count). The third-order valence-electron chi connectivity index (χ3n) is 5.80. The molecule has 0 saturated carbocycles. The molecule has 2 saturated heterocycles. The zero-order valence-corrected chi connectivity index (χ0v) is 22.2. The SMILES string of the molecule is NC[C@@H](N)C(=O)N1C[C@H]2CN(C(=O)c3ccnc4[nH]ccc34)C[C@H]21.O=C(O)C(F)(F)F.O=C(O)C(F)(F)F.O=C(O)C(F)(F)F. The maximum atomic E-state index is 12.9. The Morgan fingerprint density at radius 1 is 0.867 bits per heavy atom. The van der Waals surface area contributed by atoms with Crippen molar-refractivity contribution in [3.63, 3.8) is 0 Å². The number of H-pyrrole nitrogens is 1. The minimum Gasteiger partial charge on any atom is -0.475 e. The lowest BCUT2D eigenvalue weighted by Crippen LogP contribution is -2.62. The van der Waals surface area contributed by atoms with Crippen LogP contribution in [0.2, 0.25) is 0 Å². The molecule has 0 aliphatic carbocycles. The molecule has 2 aromatic rings. The van der Waals surface area contributed by atoms with Crippen LogP contribution in [0.15, 0.2) is 24.5 Å². The Hall–Kier alpha value is -4.67. The van der Waals surface area contributed by atoms with Crippen molar-refractivity contribution in [2.45, 2.75) is 30.6 Å². The van der Waals surface area contributed by atoms with Crippen molar-refractivity contribution in [3.05, 3.63) is 30.1 Å². The molecule has 2 aromatic heterocycles. The van der Waals surface area contributed by atoms with Crippen LogP contribution in [0.1, 0.15) is 10.4 Å². The number of nitrogens with one attached hydrogen (secondary N) is 1. The third-order valence-corrected chi connectivity index (χ3v) is 5.80. The summed E-state index contributed by atoms with van der Waals surface area (Å²) in [5.74, 6) is -8.09. The van der Waals surface area contributed by atoms with Crippen LogP contribution in [0, 0.1) is 5.92 Å². The van der Waals surface area contributed by atoms with E-state index in [-0.39, 0.29) is 24.4 Å². The average molecular weight is 670 g/mol. The standard InChI is InChI=1S/C16H20N6O2.3C2HF3O2/c17-5-12(18)16(24)22-7-9-6-21(8-13(9)22)15(23)11-2-4-20-14-10(11)1-3-19-14;3*3-2(4,5)1(6)7/h1-4,9,12-13H,5-8,17-18H2,(H,19,20);3*(H,6,7)/t9-,12-,13-;;;/m1.../s1. The first-order valence-corrected chi connectivity index (χ1v) is 11.8. The monoisotopic (exact) mass is 670 g/mol. The van der Waals surface area contributed by atoms with Gasteiger partial charge in [-0.3, -0.25) is 9.59 Å². The van der Waals surface area contributed by atoms with Crippen LogP contribution >= 0.6 is 0 Å². The van der Waals surface area contributed by atoms with Gasteiger partial charge in [-0.05, 0) is 12.1 Å². The molecule has 2 fully saturated rings. The highest BCUT2D eigenvalue weighted by Crippen LogP contribution is 2.34. The summed E-state index contributed by atoms with van der Waals surface area (Å²) in [6.45, 7) is 1.99. The summed E-state index contributed by atoms with van der Waals surface area (Å²) in [5.41, 5.74) is 12.6. The number of halogens is 9. The van der Waals surface area contributed by atoms with E-state index in [9.17, 15) is 49.1 Å². The summed E-state index contributed by atoms with van der Waals surface area (Å²) in [6.07, 6.45) is -11.8. The van der Waals surface area contributed by atoms with Crippen LogP contribution in [0.25, 0.3) is 11.0 Å². The third kappa shape index (κ3) is 10.8. The van der Waals surface area contributed by atoms with Gasteiger partial charge in [-0.15, -0.1) is 0 Å². The van der Waals surface area contributed by atoms with E-state index in [0.717, 1.165) is 5.39 Å². The molecule has 14 nitrogen and oxygen atoms in total. The van der Waals surface area contributed by atoms with Gasteiger partial charge in [-0.25, -0.2) is 19.4 Å². The fourth-order valence-corrected chi connectivity index (χ4v) is 3.69. The number of pyridine rings is 1. The highest BCUT2D eigenvalue weighted by atomic mass is 19.4. The molecule has 2 amide bonds. The number of alkyl halides is 9. The van der Waals surface area contributed by atoms with Gasteiger partial charge in [0, 0.05) is 49.9 Å². The van der Waals surface area contributed by atoms with Crippen LogP contribution in [0.5, 0.6) is 0 Å². The number of amides is 2. The van der Waals surface area contributed by atoms with E-state index in [0.29, 0.717) is 36.8 Å². The molecule has 2 aliphatic heterocycles. The van der Waals surface area contributed by atoms with Crippen molar-refractivity contribution in [1.29, 1.82) is 0 Å². The van der Waals surface area contributed by atoms with E-state index in [2.05, 4.69) is 9.97 Å². The molecule has 0 spiro atoms. The van der Waals surface area contributed by atoms with Crippen molar-refractivity contribution < 1.29 is 78.8 Å². The number of carboxylic acids is 3. The fourth-order valence-electron chi connectivity index (χ4n) is 3.69. The number of hydrogen-bond acceptors (Lipinski definition) is 8. The first-order chi connectivity index (χ1) is 20.4. The quantitative estimate of drug-likeness (QED) is 0.253. The van der Waals surface area contributed by atoms with E-state index < -0.39 is 42.5 Å². The molecular weight excluding hydrogens is 647 g/mol. The maximum Gasteiger partial charge on any atom is 0.490 e. The Morgan fingerprint density at radius 2 is 1.33 bits per heavy atom. The number of aliphatic carboxylic acids is 3. The minimum atomic E-state index is -5.08. The molecule has 0 unspecified atom stereocenters. The molecule has 0 aromatic carbocycles. The van der Waals surface area contributed by atoms with Crippen LogP contribution in [-0.4, -0.2) is 122 Å². The van der Waals surface area contributed by atoms with Gasteiger partial charge in [0.05, 0.1) is 17.6 Å². The molecule has 45 heavy (non-hydrogen) atoms. The number of fused-ring (bicyclic) bond motifs is 2. The molecule has 0 radical (unpaired) electrons. The predicted molar refractivity (Wildman–Crippen MR) is 129 cm³/mol. The highest BCUT2D eigenvalue weighted by Gasteiger charge is 2.49. The first kappa shape index (κ1) is 38.4. The van der Waals surface area contributed by atoms with Crippen molar-refractivity contribution in [3.8, 4) is 0 Å². The molecule has 3 atom stereocenters. The molecule has 4 heterocycles. The van der Waals surface area contributed by atoms with Gasteiger partial charge in [0.2, 0.25) is 5.91 Å². The zero-order valence-electron chi connectivity index (χ0n) is 22.2. The average Bonchev–Trinajstić information content (AvgIpc) is 3.52. The normalized spacial score (nSPS) is 18.0. The molecule has 8 N–H and O–H groups in total. The van der Waals surface area contributed by atoms with E-state index in [4.69, 9.17) is 41.2 Å². The molecule has 2 aliphatic rings. The number of carbonyl (C=O) groups excluding carboxylic acids is 2. The van der Waals surface area contributed by atoms with Crippen molar-refractivity contribution >= 4 is 40.8 Å². The van der Waals surface area contributed by atoms with E-state index in [1.807, 2.05) is 11.0 Å². The number of aromatic amines is 1. The number of likely N-dealkylation sites (tertiary alicyclic amines) is 2. The molecule has 0 bridgehead atoms. The zero-order chi connectivity index (χ0) is 35.1. The number of nitrogens with zero attached hydrogens (tertiary/aromatic N) is 3. The van der Waals surface area contributed by atoms with E-state index in [1.165, 1.54) is 0 Å². The summed E-state index contributed by atoms with van der Waals surface area (Å²) < 4.78 is 95.2. The van der Waals surface area contributed by atoms with Gasteiger partial charge in [-0.2, -0.15) is 39.5 Å². The van der Waals surface area contributed by atoms with E-state index in [1.54, 1.807) is 23.4 Å². The second-order valence-electron chi connectivity index (χ2n) is 8.88. The van der Waals surface area contributed by atoms with Gasteiger partial charge in [0.15, 0.2) is 0 Å². The van der Waals surface area contributed by atoms with Gasteiger partial charge in [0.1, 0.15) is 5.65 Å². The Bertz CT molecular complexity index is 1320. The van der Waals surface area contributed by atoms with Crippen molar-refractivity contribution in [1.82, 2.24) is 19.8 Å². The van der Waals surface area contributed by atoms with Gasteiger partial charge < -0.3 is 41.6 Å². The Kier molecular flexibility index (Phi) is 12.7. The summed E-state index contributed by atoms with van der Waals surface area (Å²) in [5, 5.41) is 22.2. The molecule has 252 valence electrons. The van der Waals surface area contributed by atoms with Crippen molar-refractivity contribution in [2.75, 3.05) is 26.2 Å². The fraction of sp³-hybridized carbons (Fsp3) is 0.455. The van der Waals surface area contributed by atoms with Crippen molar-refractivity contribution in [2.24, 2.45) is 17.4 Å². The van der Waals surface area contributed by atoms with Gasteiger partial charge in [0.25, 0.3) is 5.91 Å². The lowest BCUT2D eigenvalue weighted by molar-refractivity contribution is -0.193. The highest BCUT2D eigenvalue weighted by molar-refractivity contribution is 6.05. The number of rotatable bonds is 3. The summed E-state index contributed by atoms with van der Waals surface area (Å²) >= 11 is 0. The maximum absolute atomic E-state index is 12.9. The first-order valence-electron chi connectivity index (χ1n) is 11.8. The number of carbonyl (C=O) groups is 5. The number of aromatic nitrogens is 2. The Morgan fingerprint density at radius 3 is 1.76 bits per heavy atom. The van der Waals surface area contributed by atoms with Crippen LogP contribution < -0.4 is 11.5 Å². The number of nitrogens with two attached hydrogens (primary N) is 2. The van der Waals surface area contributed by atoms with Crippen LogP contribution in [0.3, 0.4) is 0 Å². The lowest BCUT2D eigenvalue weighted by atomic mass is 9.91. The van der Waals surface area contributed by atoms with Gasteiger partial charge >= 0.3 is 36.4 Å². The second kappa shape index (κ2) is 14.9. The predicted octanol–water partition coefficient (Wildman–Crippen LogP) is 1.03. The van der Waals surface area contributed by atoms with E-state index >= 15 is 0 Å². The topological polar surface area (TPSA) is 233 Å². The van der Waals surface area contributed by atoms with Crippen LogP contribution in [0.4, 0.5) is 39.5 Å². The summed E-state index contributed by atoms with van der Waals surface area (Å²) in [4.78, 5) is 62.6. The largest absolute Gasteiger partial charge is 0.490 e. The Labute approximate surface area is 244 Å². The van der Waals surface area contributed by atoms with Gasteiger partial charge in [-0.1, -0.05) is 0 Å². The Balaban J connectivity index is 0.000000396. The summed E-state index contributed by atoms with van der Waals surface area (Å²) in [6, 6.07) is 3.00. The minimum absolute atomic E-state index is 0.0214. The summed E-state index contributed by atoms with van der Waals surface area (Å²) in [7, 11) is 0. The molecule has 23 heteroatoms. The number of carboxylic acid groups (broad SMARTS) is 3. The smallest absolute Gasteiger partial charge is 0.475 e.